The summed E-state index contributed by atoms with van der Waals surface area (Å²) in [6.07, 6.45) is 1.80. The summed E-state index contributed by atoms with van der Waals surface area (Å²) in [5.41, 5.74) is 4.26. The molecule has 5 heteroatoms. The summed E-state index contributed by atoms with van der Waals surface area (Å²) in [6.45, 7) is 8.75. The highest BCUT2D eigenvalue weighted by molar-refractivity contribution is 6.36. The van der Waals surface area contributed by atoms with Crippen molar-refractivity contribution in [3.05, 3.63) is 12.3 Å². The summed E-state index contributed by atoms with van der Waals surface area (Å²) < 4.78 is 10.0. The average Bonchev–Trinajstić information content (AvgIpc) is 2.25. The van der Waals surface area contributed by atoms with E-state index in [0.29, 0.717) is 6.61 Å². The van der Waals surface area contributed by atoms with Gasteiger partial charge in [0.2, 0.25) is 0 Å². The molecule has 17 heavy (non-hydrogen) atoms. The molecule has 0 aromatic heterocycles. The molecule has 5 nitrogen and oxygen atoms in total. The lowest BCUT2D eigenvalue weighted by molar-refractivity contribution is -0.163. The standard InChI is InChI=1S/C12H21NO4/c1-5-6-7-17-12(3,4)10(14)11(15)16-8-9(2)13/h2,5-8,13H2,1,3-4H3. The van der Waals surface area contributed by atoms with E-state index in [4.69, 9.17) is 10.5 Å². The molecule has 0 aliphatic heterocycles. The van der Waals surface area contributed by atoms with Gasteiger partial charge in [-0.15, -0.1) is 0 Å². The van der Waals surface area contributed by atoms with E-state index in [9.17, 15) is 9.59 Å². The second-order valence-corrected chi connectivity index (χ2v) is 4.28. The second kappa shape index (κ2) is 7.06. The molecule has 0 aromatic rings. The molecule has 0 aromatic carbocycles. The van der Waals surface area contributed by atoms with Gasteiger partial charge in [0, 0.05) is 12.3 Å². The molecular weight excluding hydrogens is 222 g/mol. The average molecular weight is 243 g/mol. The summed E-state index contributed by atoms with van der Waals surface area (Å²) in [5, 5.41) is 0. The smallest absolute Gasteiger partial charge is 0.378 e. The highest BCUT2D eigenvalue weighted by Gasteiger charge is 2.35. The van der Waals surface area contributed by atoms with Crippen molar-refractivity contribution in [2.75, 3.05) is 13.2 Å². The van der Waals surface area contributed by atoms with Crippen molar-refractivity contribution < 1.29 is 19.1 Å². The molecule has 0 saturated heterocycles. The number of carbonyl (C=O) groups excluding carboxylic acids is 2. The van der Waals surface area contributed by atoms with Crippen molar-refractivity contribution in [2.24, 2.45) is 5.73 Å². The number of carbonyl (C=O) groups is 2. The molecule has 0 aliphatic rings. The molecule has 0 rings (SSSR count). The van der Waals surface area contributed by atoms with E-state index < -0.39 is 17.4 Å². The Morgan fingerprint density at radius 3 is 2.41 bits per heavy atom. The zero-order chi connectivity index (χ0) is 13.5. The fraction of sp³-hybridized carbons (Fsp3) is 0.667. The zero-order valence-corrected chi connectivity index (χ0v) is 10.7. The van der Waals surface area contributed by atoms with Crippen LogP contribution in [-0.2, 0) is 19.1 Å². The highest BCUT2D eigenvalue weighted by atomic mass is 16.5. The first-order chi connectivity index (χ1) is 7.81. The maximum absolute atomic E-state index is 11.7. The van der Waals surface area contributed by atoms with Crippen molar-refractivity contribution in [3.63, 3.8) is 0 Å². The number of esters is 1. The summed E-state index contributed by atoms with van der Waals surface area (Å²) in [6, 6.07) is 0. The van der Waals surface area contributed by atoms with Crippen LogP contribution < -0.4 is 5.73 Å². The molecule has 98 valence electrons. The van der Waals surface area contributed by atoms with Crippen LogP contribution in [0, 0.1) is 0 Å². The largest absolute Gasteiger partial charge is 0.453 e. The summed E-state index contributed by atoms with van der Waals surface area (Å²) >= 11 is 0. The predicted molar refractivity (Wildman–Crippen MR) is 64.2 cm³/mol. The Balaban J connectivity index is 4.25. The van der Waals surface area contributed by atoms with E-state index in [1.54, 1.807) is 13.8 Å². The molecule has 0 unspecified atom stereocenters. The van der Waals surface area contributed by atoms with E-state index in [1.807, 2.05) is 6.92 Å². The Morgan fingerprint density at radius 2 is 1.94 bits per heavy atom. The first-order valence-electron chi connectivity index (χ1n) is 5.60. The van der Waals surface area contributed by atoms with Crippen LogP contribution in [-0.4, -0.2) is 30.6 Å². The number of rotatable bonds is 8. The third-order valence-corrected chi connectivity index (χ3v) is 2.08. The van der Waals surface area contributed by atoms with Crippen LogP contribution in [0.25, 0.3) is 0 Å². The Bertz CT molecular complexity index is 297. The molecule has 0 atom stereocenters. The normalized spacial score (nSPS) is 11.0. The quantitative estimate of drug-likeness (QED) is 0.393. The molecule has 0 bridgehead atoms. The van der Waals surface area contributed by atoms with Gasteiger partial charge in [0.05, 0.1) is 0 Å². The zero-order valence-electron chi connectivity index (χ0n) is 10.7. The summed E-state index contributed by atoms with van der Waals surface area (Å²) in [4.78, 5) is 23.1. The van der Waals surface area contributed by atoms with Gasteiger partial charge < -0.3 is 15.2 Å². The Kier molecular flexibility index (Phi) is 6.50. The van der Waals surface area contributed by atoms with Gasteiger partial charge >= 0.3 is 5.97 Å². The lowest BCUT2D eigenvalue weighted by atomic mass is 10.0. The fourth-order valence-corrected chi connectivity index (χ4v) is 1.01. The molecule has 0 saturated carbocycles. The van der Waals surface area contributed by atoms with Crippen LogP contribution in [0.15, 0.2) is 12.3 Å². The van der Waals surface area contributed by atoms with Gasteiger partial charge in [-0.05, 0) is 20.3 Å². The topological polar surface area (TPSA) is 78.6 Å². The molecule has 2 N–H and O–H groups in total. The first kappa shape index (κ1) is 15.6. The van der Waals surface area contributed by atoms with Crippen molar-refractivity contribution in [2.45, 2.75) is 39.2 Å². The van der Waals surface area contributed by atoms with Crippen molar-refractivity contribution >= 4 is 11.8 Å². The molecular formula is C12H21NO4. The third kappa shape index (κ3) is 6.06. The van der Waals surface area contributed by atoms with Crippen molar-refractivity contribution in [1.82, 2.24) is 0 Å². The SMILES string of the molecule is C=C(N)COC(=O)C(=O)C(C)(C)OCCCC. The monoisotopic (exact) mass is 243 g/mol. The first-order valence-corrected chi connectivity index (χ1v) is 5.60. The Labute approximate surface area is 102 Å². The number of nitrogens with two attached hydrogens (primary N) is 1. The van der Waals surface area contributed by atoms with Gasteiger partial charge in [-0.3, -0.25) is 4.79 Å². The number of Topliss-reactive ketones (excluding diaryl/α,β-unsaturated/α-hetero) is 1. The van der Waals surface area contributed by atoms with Crippen LogP contribution in [0.5, 0.6) is 0 Å². The van der Waals surface area contributed by atoms with Gasteiger partial charge in [-0.2, -0.15) is 0 Å². The lowest BCUT2D eigenvalue weighted by Crippen LogP contribution is -2.41. The van der Waals surface area contributed by atoms with Crippen molar-refractivity contribution in [1.29, 1.82) is 0 Å². The van der Waals surface area contributed by atoms with Crippen LogP contribution in [0.1, 0.15) is 33.6 Å². The van der Waals surface area contributed by atoms with Crippen LogP contribution in [0.3, 0.4) is 0 Å². The molecule has 0 amide bonds. The Hall–Kier alpha value is -1.36. The second-order valence-electron chi connectivity index (χ2n) is 4.28. The number of ketones is 1. The van der Waals surface area contributed by atoms with Crippen molar-refractivity contribution in [3.8, 4) is 0 Å². The maximum Gasteiger partial charge on any atom is 0.378 e. The van der Waals surface area contributed by atoms with E-state index in [1.165, 1.54) is 0 Å². The van der Waals surface area contributed by atoms with Gasteiger partial charge in [-0.25, -0.2) is 4.79 Å². The molecule has 0 aliphatic carbocycles. The molecule has 0 heterocycles. The minimum absolute atomic E-state index is 0.157. The fourth-order valence-electron chi connectivity index (χ4n) is 1.01. The van der Waals surface area contributed by atoms with E-state index in [0.717, 1.165) is 12.8 Å². The molecule has 0 spiro atoms. The summed E-state index contributed by atoms with van der Waals surface area (Å²) in [5.74, 6) is -1.66. The lowest BCUT2D eigenvalue weighted by Gasteiger charge is -2.22. The highest BCUT2D eigenvalue weighted by Crippen LogP contribution is 2.12. The number of hydrogen-bond donors (Lipinski definition) is 1. The summed E-state index contributed by atoms with van der Waals surface area (Å²) in [7, 11) is 0. The van der Waals surface area contributed by atoms with E-state index >= 15 is 0 Å². The minimum Gasteiger partial charge on any atom is -0.453 e. The number of unbranched alkanes of at least 4 members (excludes halogenated alkanes) is 1. The van der Waals surface area contributed by atoms with E-state index in [-0.39, 0.29) is 12.3 Å². The number of ether oxygens (including phenoxy) is 2. The van der Waals surface area contributed by atoms with Gasteiger partial charge in [0.25, 0.3) is 5.78 Å². The minimum atomic E-state index is -1.16. The molecule has 0 fully saturated rings. The van der Waals surface area contributed by atoms with E-state index in [2.05, 4.69) is 11.3 Å². The van der Waals surface area contributed by atoms with Gasteiger partial charge in [0.15, 0.2) is 0 Å². The van der Waals surface area contributed by atoms with Crippen LogP contribution in [0.4, 0.5) is 0 Å². The maximum atomic E-state index is 11.7. The third-order valence-electron chi connectivity index (χ3n) is 2.08. The Morgan fingerprint density at radius 1 is 1.35 bits per heavy atom. The van der Waals surface area contributed by atoms with Crippen LogP contribution in [0.2, 0.25) is 0 Å². The number of hydrogen-bond acceptors (Lipinski definition) is 5. The van der Waals surface area contributed by atoms with Gasteiger partial charge in [0.1, 0.15) is 12.2 Å². The molecule has 0 radical (unpaired) electrons. The predicted octanol–water partition coefficient (Wildman–Crippen LogP) is 1.17. The van der Waals surface area contributed by atoms with Gasteiger partial charge in [-0.1, -0.05) is 19.9 Å². The van der Waals surface area contributed by atoms with Crippen LogP contribution >= 0.6 is 0 Å².